The largest absolute Gasteiger partial charge is 0.495 e. The second-order valence-corrected chi connectivity index (χ2v) is 4.32. The fraction of sp³-hybridized carbons (Fsp3) is 0.200. The molecule has 0 spiro atoms. The van der Waals surface area contributed by atoms with Crippen molar-refractivity contribution in [2.24, 2.45) is 0 Å². The van der Waals surface area contributed by atoms with Gasteiger partial charge in [-0.3, -0.25) is 0 Å². The minimum absolute atomic E-state index is 0.651. The zero-order chi connectivity index (χ0) is 13.1. The first kappa shape index (κ1) is 12.3. The fourth-order valence-corrected chi connectivity index (χ4v) is 1.83. The number of benzene rings is 2. The number of aryl methyl sites for hydroxylation is 1. The van der Waals surface area contributed by atoms with Gasteiger partial charge in [-0.1, -0.05) is 17.7 Å². The standard InChI is InChI=1S/C15H18N2O/c1-11-4-6-12(7-5-11)17(2)13-8-9-14(16)15(10-13)18-3/h4-10H,16H2,1-3H3. The number of anilines is 3. The van der Waals surface area contributed by atoms with Gasteiger partial charge in [0.25, 0.3) is 0 Å². The van der Waals surface area contributed by atoms with Crippen molar-refractivity contribution in [2.45, 2.75) is 6.92 Å². The topological polar surface area (TPSA) is 38.5 Å². The van der Waals surface area contributed by atoms with Gasteiger partial charge >= 0.3 is 0 Å². The predicted molar refractivity (Wildman–Crippen MR) is 76.6 cm³/mol. The Bertz CT molecular complexity index is 535. The quantitative estimate of drug-likeness (QED) is 0.839. The zero-order valence-corrected chi connectivity index (χ0v) is 11.0. The first-order valence-electron chi connectivity index (χ1n) is 5.85. The number of nitrogens with two attached hydrogens (primary N) is 1. The second kappa shape index (κ2) is 5.00. The van der Waals surface area contributed by atoms with E-state index in [2.05, 4.69) is 36.1 Å². The van der Waals surface area contributed by atoms with Crippen LogP contribution in [0.1, 0.15) is 5.56 Å². The van der Waals surface area contributed by atoms with Crippen LogP contribution in [-0.4, -0.2) is 14.2 Å². The third-order valence-corrected chi connectivity index (χ3v) is 3.03. The van der Waals surface area contributed by atoms with E-state index in [0.29, 0.717) is 11.4 Å². The van der Waals surface area contributed by atoms with E-state index in [0.717, 1.165) is 11.4 Å². The van der Waals surface area contributed by atoms with E-state index in [1.807, 2.05) is 25.2 Å². The van der Waals surface area contributed by atoms with Crippen LogP contribution in [0.15, 0.2) is 42.5 Å². The van der Waals surface area contributed by atoms with Crippen molar-refractivity contribution in [2.75, 3.05) is 24.8 Å². The average Bonchev–Trinajstić information content (AvgIpc) is 2.39. The highest BCUT2D eigenvalue weighted by molar-refractivity contribution is 5.68. The summed E-state index contributed by atoms with van der Waals surface area (Å²) in [4.78, 5) is 2.10. The summed E-state index contributed by atoms with van der Waals surface area (Å²) in [5.41, 5.74) is 9.90. The van der Waals surface area contributed by atoms with E-state index in [-0.39, 0.29) is 0 Å². The molecular weight excluding hydrogens is 224 g/mol. The third-order valence-electron chi connectivity index (χ3n) is 3.03. The molecule has 0 bridgehead atoms. The van der Waals surface area contributed by atoms with Crippen LogP contribution < -0.4 is 15.4 Å². The van der Waals surface area contributed by atoms with Crippen molar-refractivity contribution in [3.63, 3.8) is 0 Å². The Kier molecular flexibility index (Phi) is 3.42. The summed E-state index contributed by atoms with van der Waals surface area (Å²) >= 11 is 0. The zero-order valence-electron chi connectivity index (χ0n) is 11.0. The Morgan fingerprint density at radius 1 is 1.00 bits per heavy atom. The molecule has 0 heterocycles. The number of hydrogen-bond acceptors (Lipinski definition) is 3. The van der Waals surface area contributed by atoms with Gasteiger partial charge in [0.05, 0.1) is 12.8 Å². The summed E-state index contributed by atoms with van der Waals surface area (Å²) in [6, 6.07) is 14.2. The molecule has 0 aliphatic heterocycles. The molecule has 0 radical (unpaired) electrons. The highest BCUT2D eigenvalue weighted by Crippen LogP contribution is 2.30. The molecule has 3 nitrogen and oxygen atoms in total. The lowest BCUT2D eigenvalue weighted by Crippen LogP contribution is -2.09. The van der Waals surface area contributed by atoms with Crippen molar-refractivity contribution >= 4 is 17.1 Å². The van der Waals surface area contributed by atoms with Crippen LogP contribution in [0.25, 0.3) is 0 Å². The van der Waals surface area contributed by atoms with E-state index in [1.165, 1.54) is 5.56 Å². The highest BCUT2D eigenvalue weighted by atomic mass is 16.5. The van der Waals surface area contributed by atoms with Crippen molar-refractivity contribution in [1.29, 1.82) is 0 Å². The Labute approximate surface area is 108 Å². The molecule has 94 valence electrons. The van der Waals surface area contributed by atoms with Gasteiger partial charge in [-0.25, -0.2) is 0 Å². The Balaban J connectivity index is 2.33. The van der Waals surface area contributed by atoms with Crippen molar-refractivity contribution in [1.82, 2.24) is 0 Å². The Hall–Kier alpha value is -2.16. The smallest absolute Gasteiger partial charge is 0.143 e. The molecule has 0 aromatic heterocycles. The van der Waals surface area contributed by atoms with Crippen LogP contribution in [0.4, 0.5) is 17.1 Å². The van der Waals surface area contributed by atoms with Crippen molar-refractivity contribution in [3.8, 4) is 5.75 Å². The fourth-order valence-electron chi connectivity index (χ4n) is 1.83. The molecule has 0 saturated heterocycles. The van der Waals surface area contributed by atoms with Crippen LogP contribution in [0.2, 0.25) is 0 Å². The number of ether oxygens (including phenoxy) is 1. The average molecular weight is 242 g/mol. The summed E-state index contributed by atoms with van der Waals surface area (Å²) in [6.07, 6.45) is 0. The molecule has 0 saturated carbocycles. The first-order valence-corrected chi connectivity index (χ1v) is 5.85. The van der Waals surface area contributed by atoms with Gasteiger partial charge in [-0.2, -0.15) is 0 Å². The van der Waals surface area contributed by atoms with Gasteiger partial charge in [0, 0.05) is 24.5 Å². The molecule has 18 heavy (non-hydrogen) atoms. The van der Waals surface area contributed by atoms with Crippen LogP contribution in [0, 0.1) is 6.92 Å². The predicted octanol–water partition coefficient (Wildman–Crippen LogP) is 3.35. The SMILES string of the molecule is COc1cc(N(C)c2ccc(C)cc2)ccc1N. The highest BCUT2D eigenvalue weighted by Gasteiger charge is 2.06. The van der Waals surface area contributed by atoms with E-state index in [9.17, 15) is 0 Å². The Morgan fingerprint density at radius 3 is 2.22 bits per heavy atom. The monoisotopic (exact) mass is 242 g/mol. The summed E-state index contributed by atoms with van der Waals surface area (Å²) in [5.74, 6) is 0.700. The van der Waals surface area contributed by atoms with E-state index in [4.69, 9.17) is 10.5 Å². The van der Waals surface area contributed by atoms with E-state index in [1.54, 1.807) is 7.11 Å². The second-order valence-electron chi connectivity index (χ2n) is 4.32. The maximum atomic E-state index is 5.82. The third kappa shape index (κ3) is 2.40. The van der Waals surface area contributed by atoms with Crippen molar-refractivity contribution in [3.05, 3.63) is 48.0 Å². The summed E-state index contributed by atoms with van der Waals surface area (Å²) < 4.78 is 5.24. The molecule has 0 unspecified atom stereocenters. The first-order chi connectivity index (χ1) is 8.61. The lowest BCUT2D eigenvalue weighted by molar-refractivity contribution is 0.417. The molecule has 2 N–H and O–H groups in total. The molecule has 0 atom stereocenters. The summed E-state index contributed by atoms with van der Waals surface area (Å²) in [6.45, 7) is 2.08. The van der Waals surface area contributed by atoms with E-state index < -0.39 is 0 Å². The van der Waals surface area contributed by atoms with Crippen LogP contribution in [0.5, 0.6) is 5.75 Å². The molecule has 3 heteroatoms. The lowest BCUT2D eigenvalue weighted by atomic mass is 10.2. The number of methoxy groups -OCH3 is 1. The number of rotatable bonds is 3. The molecule has 0 aliphatic carbocycles. The Morgan fingerprint density at radius 2 is 1.61 bits per heavy atom. The number of hydrogen-bond donors (Lipinski definition) is 1. The van der Waals surface area contributed by atoms with Crippen LogP contribution in [0.3, 0.4) is 0 Å². The van der Waals surface area contributed by atoms with Gasteiger partial charge in [0.2, 0.25) is 0 Å². The molecule has 2 aromatic rings. The molecule has 2 aromatic carbocycles. The van der Waals surface area contributed by atoms with Crippen LogP contribution in [-0.2, 0) is 0 Å². The summed E-state index contributed by atoms with van der Waals surface area (Å²) in [7, 11) is 3.65. The molecular formula is C15H18N2O. The molecule has 0 amide bonds. The lowest BCUT2D eigenvalue weighted by Gasteiger charge is -2.20. The molecule has 2 rings (SSSR count). The van der Waals surface area contributed by atoms with Crippen LogP contribution >= 0.6 is 0 Å². The van der Waals surface area contributed by atoms with E-state index >= 15 is 0 Å². The van der Waals surface area contributed by atoms with Gasteiger partial charge in [-0.15, -0.1) is 0 Å². The maximum absolute atomic E-state index is 5.82. The molecule has 0 fully saturated rings. The molecule has 0 aliphatic rings. The minimum atomic E-state index is 0.651. The minimum Gasteiger partial charge on any atom is -0.495 e. The van der Waals surface area contributed by atoms with Gasteiger partial charge in [-0.05, 0) is 31.2 Å². The van der Waals surface area contributed by atoms with Crippen molar-refractivity contribution < 1.29 is 4.74 Å². The number of nitrogen functional groups attached to an aromatic ring is 1. The van der Waals surface area contributed by atoms with Gasteiger partial charge in [0.15, 0.2) is 0 Å². The van der Waals surface area contributed by atoms with Gasteiger partial charge in [0.1, 0.15) is 5.75 Å². The summed E-state index contributed by atoms with van der Waals surface area (Å²) in [5, 5.41) is 0. The maximum Gasteiger partial charge on any atom is 0.143 e. The van der Waals surface area contributed by atoms with Gasteiger partial charge < -0.3 is 15.4 Å². The normalized spacial score (nSPS) is 10.2. The number of nitrogens with zero attached hydrogens (tertiary/aromatic N) is 1.